The Balaban J connectivity index is 1.26. The molecular weight excluding hydrogens is 608 g/mol. The van der Waals surface area contributed by atoms with Crippen molar-refractivity contribution in [1.82, 2.24) is 4.57 Å². The number of fused-ring (bicyclic) bond motifs is 3. The minimum atomic E-state index is 0.691. The molecule has 0 spiro atoms. The summed E-state index contributed by atoms with van der Waals surface area (Å²) < 4.78 is 10.9. The average Bonchev–Trinajstić information content (AvgIpc) is 3.08. The van der Waals surface area contributed by atoms with E-state index < -0.39 is 0 Å². The van der Waals surface area contributed by atoms with Crippen LogP contribution in [0.2, 0.25) is 0 Å². The fourth-order valence-corrected chi connectivity index (χ4v) is 5.04. The van der Waals surface area contributed by atoms with Gasteiger partial charge in [-0.1, -0.05) is 49.8 Å². The maximum absolute atomic E-state index is 5.85. The van der Waals surface area contributed by atoms with Crippen molar-refractivity contribution >= 4 is 73.1 Å². The summed E-state index contributed by atoms with van der Waals surface area (Å²) in [6, 6.07) is 22.0. The van der Waals surface area contributed by atoms with Gasteiger partial charge in [0.15, 0.2) is 0 Å². The molecule has 0 fully saturated rings. The summed E-state index contributed by atoms with van der Waals surface area (Å²) in [4.78, 5) is 0. The first-order valence-electron chi connectivity index (χ1n) is 10.8. The topological polar surface area (TPSA) is 14.2 Å². The molecule has 0 saturated heterocycles. The Hall–Kier alpha value is -1.38. The third-order valence-electron chi connectivity index (χ3n) is 5.69. The molecule has 1 heterocycles. The first kappa shape index (κ1) is 22.8. The molecule has 0 saturated carbocycles. The van der Waals surface area contributed by atoms with E-state index in [-0.39, 0.29) is 0 Å². The zero-order chi connectivity index (χ0) is 21.6. The second-order valence-electron chi connectivity index (χ2n) is 7.89. The Morgan fingerprint density at radius 1 is 0.774 bits per heavy atom. The van der Waals surface area contributed by atoms with Gasteiger partial charge >= 0.3 is 0 Å². The van der Waals surface area contributed by atoms with Gasteiger partial charge in [0.1, 0.15) is 0 Å². The van der Waals surface area contributed by atoms with Gasteiger partial charge in [-0.15, -0.1) is 0 Å². The number of rotatable bonds is 10. The Bertz CT molecular complexity index is 1120. The monoisotopic (exact) mass is 635 g/mol. The number of hydrogen-bond acceptors (Lipinski definition) is 1. The Morgan fingerprint density at radius 3 is 2.00 bits per heavy atom. The number of ether oxygens (including phenoxy) is 1. The van der Waals surface area contributed by atoms with Crippen LogP contribution in [0.1, 0.15) is 36.8 Å². The molecule has 2 nitrogen and oxygen atoms in total. The first-order valence-corrected chi connectivity index (χ1v) is 13.0. The summed E-state index contributed by atoms with van der Waals surface area (Å²) in [5, 5.41) is 2.74. The van der Waals surface area contributed by atoms with Gasteiger partial charge in [-0.25, -0.2) is 0 Å². The van der Waals surface area contributed by atoms with Crippen molar-refractivity contribution in [2.45, 2.75) is 38.8 Å². The van der Waals surface area contributed by atoms with Crippen LogP contribution in [0.3, 0.4) is 0 Å². The van der Waals surface area contributed by atoms with Gasteiger partial charge in [0, 0.05) is 42.1 Å². The quantitative estimate of drug-likeness (QED) is 0.126. The highest BCUT2D eigenvalue weighted by Crippen LogP contribution is 2.31. The maximum atomic E-state index is 5.85. The second-order valence-corrected chi connectivity index (χ2v) is 10.4. The highest BCUT2D eigenvalue weighted by Gasteiger charge is 2.11. The van der Waals surface area contributed by atoms with Gasteiger partial charge in [-0.3, -0.25) is 0 Å². The molecule has 160 valence electrons. The smallest absolute Gasteiger partial charge is 0.0716 e. The van der Waals surface area contributed by atoms with Crippen molar-refractivity contribution in [2.24, 2.45) is 0 Å². The van der Waals surface area contributed by atoms with E-state index in [0.717, 1.165) is 25.1 Å². The largest absolute Gasteiger partial charge is 0.377 e. The minimum Gasteiger partial charge on any atom is -0.377 e. The van der Waals surface area contributed by atoms with Gasteiger partial charge in [-0.05, 0) is 106 Å². The average molecular weight is 635 g/mol. The fraction of sp³-hybridized carbons (Fsp3) is 0.259. The van der Waals surface area contributed by atoms with E-state index in [2.05, 4.69) is 117 Å². The lowest BCUT2D eigenvalue weighted by atomic mass is 10.1. The maximum Gasteiger partial charge on any atom is 0.0716 e. The molecule has 0 N–H and O–H groups in total. The number of aromatic nitrogens is 1. The Kier molecular flexibility index (Phi) is 8.07. The lowest BCUT2D eigenvalue weighted by Gasteiger charge is -2.08. The molecule has 4 rings (SSSR count). The highest BCUT2D eigenvalue weighted by molar-refractivity contribution is 14.1. The lowest BCUT2D eigenvalue weighted by Crippen LogP contribution is -1.99. The Labute approximate surface area is 212 Å². The number of halogens is 2. The molecular formula is C27H27I2NO. The van der Waals surface area contributed by atoms with Crippen LogP contribution in [0.25, 0.3) is 27.9 Å². The summed E-state index contributed by atoms with van der Waals surface area (Å²) >= 11 is 4.82. The van der Waals surface area contributed by atoms with Crippen molar-refractivity contribution in [2.75, 3.05) is 6.61 Å². The second kappa shape index (κ2) is 11.0. The molecule has 0 aliphatic heterocycles. The first-order chi connectivity index (χ1) is 15.2. The molecule has 1 aromatic heterocycles. The van der Waals surface area contributed by atoms with E-state index >= 15 is 0 Å². The molecule has 4 aromatic rings. The zero-order valence-corrected chi connectivity index (χ0v) is 21.9. The van der Waals surface area contributed by atoms with Gasteiger partial charge < -0.3 is 9.30 Å². The van der Waals surface area contributed by atoms with Crippen molar-refractivity contribution < 1.29 is 4.74 Å². The molecule has 3 aromatic carbocycles. The number of aryl methyl sites for hydroxylation is 1. The van der Waals surface area contributed by atoms with E-state index in [4.69, 9.17) is 4.74 Å². The van der Waals surface area contributed by atoms with Crippen molar-refractivity contribution in [1.29, 1.82) is 0 Å². The van der Waals surface area contributed by atoms with Crippen molar-refractivity contribution in [3.8, 4) is 0 Å². The molecule has 0 aliphatic carbocycles. The van der Waals surface area contributed by atoms with E-state index in [0.29, 0.717) is 6.61 Å². The normalized spacial score (nSPS) is 11.4. The molecule has 0 atom stereocenters. The summed E-state index contributed by atoms with van der Waals surface area (Å²) in [5.74, 6) is 0. The van der Waals surface area contributed by atoms with Crippen molar-refractivity contribution in [3.05, 3.63) is 85.5 Å². The number of unbranched alkanes of at least 4 members (excludes halogenated alkanes) is 3. The van der Waals surface area contributed by atoms with Gasteiger partial charge in [-0.2, -0.15) is 0 Å². The summed E-state index contributed by atoms with van der Waals surface area (Å²) in [5.41, 5.74) is 5.07. The van der Waals surface area contributed by atoms with Crippen LogP contribution in [0, 0.1) is 7.14 Å². The van der Waals surface area contributed by atoms with Crippen LogP contribution in [-0.4, -0.2) is 11.2 Å². The standard InChI is InChI=1S/C27H27I2NO/c1-2-20-7-9-21(10-8-20)19-31-16-6-4-3-5-15-30-26-13-11-22(28)17-24(26)25-18-23(29)12-14-27(25)30/h2,7-14,17-18H,1,3-6,15-16,19H2. The number of nitrogens with zero attached hydrogens (tertiary/aromatic N) is 1. The molecule has 4 heteroatoms. The fourth-order valence-electron chi connectivity index (χ4n) is 4.06. The molecule has 0 aliphatic rings. The zero-order valence-electron chi connectivity index (χ0n) is 17.6. The Morgan fingerprint density at radius 2 is 1.39 bits per heavy atom. The predicted molar refractivity (Wildman–Crippen MR) is 150 cm³/mol. The van der Waals surface area contributed by atoms with Crippen LogP contribution in [-0.2, 0) is 17.9 Å². The van der Waals surface area contributed by atoms with E-state index in [1.54, 1.807) is 0 Å². The minimum absolute atomic E-state index is 0.691. The molecule has 31 heavy (non-hydrogen) atoms. The third kappa shape index (κ3) is 5.71. The highest BCUT2D eigenvalue weighted by atomic mass is 127. The van der Waals surface area contributed by atoms with Crippen LogP contribution < -0.4 is 0 Å². The van der Waals surface area contributed by atoms with Crippen LogP contribution in [0.5, 0.6) is 0 Å². The van der Waals surface area contributed by atoms with E-state index in [9.17, 15) is 0 Å². The summed E-state index contributed by atoms with van der Waals surface area (Å²) in [7, 11) is 0. The van der Waals surface area contributed by atoms with Crippen LogP contribution in [0.15, 0.2) is 67.2 Å². The predicted octanol–water partition coefficient (Wildman–Crippen LogP) is 8.42. The number of hydrogen-bond donors (Lipinski definition) is 0. The van der Waals surface area contributed by atoms with Crippen LogP contribution in [0.4, 0.5) is 0 Å². The SMILES string of the molecule is C=Cc1ccc(COCCCCCCn2c3ccc(I)cc3c3cc(I)ccc32)cc1. The summed E-state index contributed by atoms with van der Waals surface area (Å²) in [6.45, 7) is 6.38. The van der Waals surface area contributed by atoms with Gasteiger partial charge in [0.25, 0.3) is 0 Å². The lowest BCUT2D eigenvalue weighted by molar-refractivity contribution is 0.116. The van der Waals surface area contributed by atoms with E-state index in [1.165, 1.54) is 53.8 Å². The van der Waals surface area contributed by atoms with Crippen LogP contribution >= 0.6 is 45.2 Å². The summed E-state index contributed by atoms with van der Waals surface area (Å²) in [6.07, 6.45) is 6.62. The third-order valence-corrected chi connectivity index (χ3v) is 7.04. The van der Waals surface area contributed by atoms with Gasteiger partial charge in [0.05, 0.1) is 6.61 Å². The van der Waals surface area contributed by atoms with Crippen molar-refractivity contribution in [3.63, 3.8) is 0 Å². The molecule has 0 radical (unpaired) electrons. The molecule has 0 unspecified atom stereocenters. The number of benzene rings is 3. The molecule has 0 amide bonds. The van der Waals surface area contributed by atoms with E-state index in [1.807, 2.05) is 6.08 Å². The van der Waals surface area contributed by atoms with Gasteiger partial charge in [0.2, 0.25) is 0 Å². The molecule has 0 bridgehead atoms.